The average molecular weight is 293 g/mol. The Kier molecular flexibility index (Phi) is 3.13. The fourth-order valence-electron chi connectivity index (χ4n) is 3.16. The van der Waals surface area contributed by atoms with E-state index in [1.54, 1.807) is 0 Å². The summed E-state index contributed by atoms with van der Waals surface area (Å²) in [4.78, 5) is 0. The molecule has 22 heavy (non-hydrogen) atoms. The van der Waals surface area contributed by atoms with Gasteiger partial charge in [0.25, 0.3) is 0 Å². The maximum atomic E-state index is 10.4. The highest BCUT2D eigenvalue weighted by Gasteiger charge is 2.33. The van der Waals surface area contributed by atoms with Crippen LogP contribution in [0.4, 0.5) is 11.4 Å². The van der Waals surface area contributed by atoms with Gasteiger partial charge in [-0.3, -0.25) is 5.32 Å². The molecule has 0 spiro atoms. The highest BCUT2D eigenvalue weighted by Crippen LogP contribution is 2.38. The Hall–Kier alpha value is -2.30. The Morgan fingerprint density at radius 3 is 2.50 bits per heavy atom. The van der Waals surface area contributed by atoms with E-state index in [2.05, 4.69) is 59.3 Å². The first-order valence-corrected chi connectivity index (χ1v) is 7.56. The Bertz CT molecular complexity index is 736. The van der Waals surface area contributed by atoms with E-state index in [0.717, 1.165) is 28.2 Å². The lowest BCUT2D eigenvalue weighted by Crippen LogP contribution is -2.28. The maximum Gasteiger partial charge on any atom is 0.131 e. The van der Waals surface area contributed by atoms with Gasteiger partial charge in [0.15, 0.2) is 0 Å². The number of aryl methyl sites for hydroxylation is 1. The third-order valence-electron chi connectivity index (χ3n) is 4.35. The first-order chi connectivity index (χ1) is 10.7. The zero-order chi connectivity index (χ0) is 15.1. The number of rotatable bonds is 1. The molecule has 4 heteroatoms. The fourth-order valence-corrected chi connectivity index (χ4v) is 3.16. The maximum absolute atomic E-state index is 10.4. The molecular weight excluding hydrogens is 274 g/mol. The quantitative estimate of drug-likeness (QED) is 0.653. The van der Waals surface area contributed by atoms with Crippen molar-refractivity contribution in [2.24, 2.45) is 0 Å². The molecule has 2 heterocycles. The van der Waals surface area contributed by atoms with E-state index in [9.17, 15) is 5.11 Å². The summed E-state index contributed by atoms with van der Waals surface area (Å²) >= 11 is 0. The van der Waals surface area contributed by atoms with Gasteiger partial charge in [0, 0.05) is 17.8 Å². The molecular formula is C18H19N3O. The van der Waals surface area contributed by atoms with Crippen LogP contribution in [-0.4, -0.2) is 17.9 Å². The van der Waals surface area contributed by atoms with Gasteiger partial charge in [0.05, 0.1) is 17.4 Å². The number of nitrogens with one attached hydrogen (secondary N) is 3. The van der Waals surface area contributed by atoms with Crippen LogP contribution < -0.4 is 16.0 Å². The van der Waals surface area contributed by atoms with Crippen LogP contribution in [0.3, 0.4) is 0 Å². The van der Waals surface area contributed by atoms with Crippen LogP contribution in [0.15, 0.2) is 59.8 Å². The lowest BCUT2D eigenvalue weighted by molar-refractivity contribution is 0.183. The van der Waals surface area contributed by atoms with E-state index in [1.807, 2.05) is 12.1 Å². The minimum atomic E-state index is -0.629. The Morgan fingerprint density at radius 1 is 1.00 bits per heavy atom. The lowest BCUT2D eigenvalue weighted by atomic mass is 9.96. The standard InChI is InChI=1S/C18H19N3O/c1-11-6-8-12(9-7-11)17-16-15(10-19-18(16)22)20-13-4-2-3-5-14(13)21-17/h2-9,17-22H,10H2,1H3. The third-order valence-corrected chi connectivity index (χ3v) is 4.35. The molecule has 2 unspecified atom stereocenters. The molecule has 0 fully saturated rings. The number of hydrogen-bond acceptors (Lipinski definition) is 4. The molecule has 2 aliphatic rings. The number of hydrogen-bond donors (Lipinski definition) is 4. The molecule has 2 aromatic rings. The molecule has 0 amide bonds. The van der Waals surface area contributed by atoms with Crippen molar-refractivity contribution in [2.75, 3.05) is 17.2 Å². The van der Waals surface area contributed by atoms with Gasteiger partial charge in [-0.05, 0) is 24.6 Å². The second-order valence-corrected chi connectivity index (χ2v) is 5.88. The monoisotopic (exact) mass is 293 g/mol. The third kappa shape index (κ3) is 2.17. The molecule has 2 aromatic carbocycles. The molecule has 2 aliphatic heterocycles. The van der Waals surface area contributed by atoms with Crippen molar-refractivity contribution in [3.05, 3.63) is 70.9 Å². The van der Waals surface area contributed by atoms with Crippen molar-refractivity contribution >= 4 is 11.4 Å². The first kappa shape index (κ1) is 13.4. The number of aliphatic hydroxyl groups excluding tert-OH is 1. The number of fused-ring (bicyclic) bond motifs is 1. The van der Waals surface area contributed by atoms with Crippen LogP contribution in [0, 0.1) is 6.92 Å². The van der Waals surface area contributed by atoms with Gasteiger partial charge in [0.1, 0.15) is 6.23 Å². The van der Waals surface area contributed by atoms with Gasteiger partial charge < -0.3 is 15.7 Å². The van der Waals surface area contributed by atoms with Crippen LogP contribution in [0.2, 0.25) is 0 Å². The van der Waals surface area contributed by atoms with E-state index in [4.69, 9.17) is 0 Å². The van der Waals surface area contributed by atoms with Gasteiger partial charge >= 0.3 is 0 Å². The predicted octanol–water partition coefficient (Wildman–Crippen LogP) is 2.75. The molecule has 0 radical (unpaired) electrons. The number of anilines is 2. The van der Waals surface area contributed by atoms with E-state index >= 15 is 0 Å². The molecule has 0 bridgehead atoms. The zero-order valence-electron chi connectivity index (χ0n) is 12.4. The topological polar surface area (TPSA) is 56.3 Å². The molecule has 0 saturated carbocycles. The van der Waals surface area contributed by atoms with Crippen LogP contribution in [0.5, 0.6) is 0 Å². The van der Waals surface area contributed by atoms with Crippen molar-refractivity contribution in [2.45, 2.75) is 19.2 Å². The predicted molar refractivity (Wildman–Crippen MR) is 88.6 cm³/mol. The second-order valence-electron chi connectivity index (χ2n) is 5.88. The zero-order valence-corrected chi connectivity index (χ0v) is 12.4. The van der Waals surface area contributed by atoms with Gasteiger partial charge in [-0.25, -0.2) is 0 Å². The largest absolute Gasteiger partial charge is 0.374 e. The summed E-state index contributed by atoms with van der Waals surface area (Å²) in [6.07, 6.45) is -0.629. The minimum absolute atomic E-state index is 0.0447. The number of aliphatic hydroxyl groups is 1. The number of para-hydroxylation sites is 2. The summed E-state index contributed by atoms with van der Waals surface area (Å²) in [6.45, 7) is 2.73. The second kappa shape index (κ2) is 5.16. The van der Waals surface area contributed by atoms with Crippen molar-refractivity contribution in [3.63, 3.8) is 0 Å². The molecule has 4 rings (SSSR count). The van der Waals surface area contributed by atoms with Crippen LogP contribution in [-0.2, 0) is 0 Å². The van der Waals surface area contributed by atoms with Crippen molar-refractivity contribution < 1.29 is 5.11 Å². The van der Waals surface area contributed by atoms with Gasteiger partial charge in [-0.1, -0.05) is 42.0 Å². The number of benzene rings is 2. The van der Waals surface area contributed by atoms with Crippen LogP contribution in [0.1, 0.15) is 17.2 Å². The summed E-state index contributed by atoms with van der Waals surface area (Å²) in [6, 6.07) is 16.6. The summed E-state index contributed by atoms with van der Waals surface area (Å²) in [5.74, 6) is 0. The first-order valence-electron chi connectivity index (χ1n) is 7.56. The van der Waals surface area contributed by atoms with E-state index < -0.39 is 6.23 Å². The average Bonchev–Trinajstić information content (AvgIpc) is 2.79. The summed E-state index contributed by atoms with van der Waals surface area (Å²) in [5, 5.41) is 20.5. The van der Waals surface area contributed by atoms with Gasteiger partial charge in [0.2, 0.25) is 0 Å². The van der Waals surface area contributed by atoms with Crippen molar-refractivity contribution in [3.8, 4) is 0 Å². The molecule has 112 valence electrons. The normalized spacial score (nSPS) is 23.2. The van der Waals surface area contributed by atoms with Crippen molar-refractivity contribution in [1.82, 2.24) is 5.32 Å². The molecule has 2 atom stereocenters. The fraction of sp³-hybridized carbons (Fsp3) is 0.222. The SMILES string of the molecule is Cc1ccc(C2Nc3ccccc3NC3=C2C(O)NC3)cc1. The molecule has 4 N–H and O–H groups in total. The Morgan fingerprint density at radius 2 is 1.73 bits per heavy atom. The van der Waals surface area contributed by atoms with E-state index in [1.165, 1.54) is 5.56 Å². The smallest absolute Gasteiger partial charge is 0.131 e. The summed E-state index contributed by atoms with van der Waals surface area (Å²) < 4.78 is 0. The summed E-state index contributed by atoms with van der Waals surface area (Å²) in [5.41, 5.74) is 6.50. The summed E-state index contributed by atoms with van der Waals surface area (Å²) in [7, 11) is 0. The highest BCUT2D eigenvalue weighted by molar-refractivity contribution is 5.74. The molecule has 0 saturated heterocycles. The van der Waals surface area contributed by atoms with E-state index in [0.29, 0.717) is 6.54 Å². The Balaban J connectivity index is 1.83. The van der Waals surface area contributed by atoms with Crippen LogP contribution >= 0.6 is 0 Å². The lowest BCUT2D eigenvalue weighted by Gasteiger charge is -2.23. The van der Waals surface area contributed by atoms with Crippen molar-refractivity contribution in [1.29, 1.82) is 0 Å². The van der Waals surface area contributed by atoms with Gasteiger partial charge in [-0.15, -0.1) is 0 Å². The molecule has 4 nitrogen and oxygen atoms in total. The van der Waals surface area contributed by atoms with E-state index in [-0.39, 0.29) is 6.04 Å². The Labute approximate surface area is 129 Å². The van der Waals surface area contributed by atoms with Gasteiger partial charge in [-0.2, -0.15) is 0 Å². The molecule has 0 aromatic heterocycles. The highest BCUT2D eigenvalue weighted by atomic mass is 16.3. The van der Waals surface area contributed by atoms with Crippen LogP contribution in [0.25, 0.3) is 0 Å². The molecule has 0 aliphatic carbocycles. The minimum Gasteiger partial charge on any atom is -0.374 e.